The van der Waals surface area contributed by atoms with Crippen LogP contribution in [0, 0.1) is 6.92 Å². The number of imide groups is 1. The third-order valence-electron chi connectivity index (χ3n) is 2.87. The molecule has 1 aromatic heterocycles. The molecule has 1 atom stereocenters. The Bertz CT molecular complexity index is 620. The van der Waals surface area contributed by atoms with Crippen LogP contribution in [0.5, 0.6) is 0 Å². The topological polar surface area (TPSA) is 63.7 Å². The van der Waals surface area contributed by atoms with Gasteiger partial charge in [0.2, 0.25) is 0 Å². The molecule has 0 spiro atoms. The van der Waals surface area contributed by atoms with Crippen LogP contribution >= 0.6 is 23.1 Å². The first kappa shape index (κ1) is 15.8. The highest BCUT2D eigenvalue weighted by Crippen LogP contribution is 2.34. The van der Waals surface area contributed by atoms with Crippen molar-refractivity contribution in [1.29, 1.82) is 0 Å². The van der Waals surface area contributed by atoms with Crippen LogP contribution in [0.3, 0.4) is 0 Å². The molecule has 1 saturated heterocycles. The first-order valence-electron chi connectivity index (χ1n) is 6.44. The first-order chi connectivity index (χ1) is 9.93. The van der Waals surface area contributed by atoms with Crippen molar-refractivity contribution in [2.45, 2.75) is 26.8 Å². The van der Waals surface area contributed by atoms with Crippen molar-refractivity contribution >= 4 is 46.3 Å². The summed E-state index contributed by atoms with van der Waals surface area (Å²) in [7, 11) is 0. The number of esters is 1. The lowest BCUT2D eigenvalue weighted by molar-refractivity contribution is -0.150. The van der Waals surface area contributed by atoms with Crippen molar-refractivity contribution in [1.82, 2.24) is 4.90 Å². The third-order valence-corrected chi connectivity index (χ3v) is 4.70. The molecule has 2 heterocycles. The lowest BCUT2D eigenvalue weighted by Crippen LogP contribution is -2.42. The second kappa shape index (κ2) is 6.44. The van der Waals surface area contributed by atoms with E-state index >= 15 is 0 Å². The van der Waals surface area contributed by atoms with Crippen molar-refractivity contribution < 1.29 is 19.1 Å². The zero-order chi connectivity index (χ0) is 15.6. The van der Waals surface area contributed by atoms with Gasteiger partial charge in [-0.1, -0.05) is 0 Å². The number of rotatable bonds is 4. The Hall–Kier alpha value is -1.60. The van der Waals surface area contributed by atoms with Gasteiger partial charge in [0.05, 0.1) is 11.5 Å². The van der Waals surface area contributed by atoms with E-state index < -0.39 is 23.2 Å². The number of thioether (sulfide) groups is 1. The van der Waals surface area contributed by atoms with E-state index in [-0.39, 0.29) is 6.61 Å². The van der Waals surface area contributed by atoms with Crippen LogP contribution in [-0.2, 0) is 14.3 Å². The molecule has 2 amide bonds. The summed E-state index contributed by atoms with van der Waals surface area (Å²) >= 11 is 2.39. The molecule has 0 aliphatic carbocycles. The number of amides is 2. The highest BCUT2D eigenvalue weighted by Gasteiger charge is 2.41. The fraction of sp³-hybridized carbons (Fsp3) is 0.357. The van der Waals surface area contributed by atoms with Crippen LogP contribution in [0.2, 0.25) is 0 Å². The molecule has 1 aliphatic rings. The SMILES string of the molecule is CCOC(=O)[C@H](C)N1C(=O)S/C(=C/c2ccc(C)s2)C1=O. The average molecular weight is 325 g/mol. The number of thiophene rings is 1. The number of carbonyl (C=O) groups excluding carboxylic acids is 3. The van der Waals surface area contributed by atoms with Crippen LogP contribution in [0.15, 0.2) is 17.0 Å². The Morgan fingerprint density at radius 2 is 2.14 bits per heavy atom. The minimum Gasteiger partial charge on any atom is -0.464 e. The van der Waals surface area contributed by atoms with E-state index in [1.807, 2.05) is 19.1 Å². The van der Waals surface area contributed by atoms with Crippen LogP contribution < -0.4 is 0 Å². The van der Waals surface area contributed by atoms with Crippen molar-refractivity contribution in [3.63, 3.8) is 0 Å². The Morgan fingerprint density at radius 1 is 1.43 bits per heavy atom. The van der Waals surface area contributed by atoms with Crippen molar-refractivity contribution in [2.24, 2.45) is 0 Å². The molecule has 0 unspecified atom stereocenters. The molecule has 5 nitrogen and oxygen atoms in total. The number of aryl methyl sites for hydroxylation is 1. The van der Waals surface area contributed by atoms with Gasteiger partial charge in [-0.3, -0.25) is 14.5 Å². The highest BCUT2D eigenvalue weighted by atomic mass is 32.2. The van der Waals surface area contributed by atoms with Crippen LogP contribution in [0.25, 0.3) is 6.08 Å². The van der Waals surface area contributed by atoms with Crippen LogP contribution in [-0.4, -0.2) is 34.7 Å². The molecule has 1 aromatic rings. The minimum atomic E-state index is -0.909. The van der Waals surface area contributed by atoms with Gasteiger partial charge in [0, 0.05) is 9.75 Å². The van der Waals surface area contributed by atoms with Gasteiger partial charge >= 0.3 is 5.97 Å². The maximum atomic E-state index is 12.3. The largest absolute Gasteiger partial charge is 0.464 e. The molecule has 112 valence electrons. The predicted molar refractivity (Wildman–Crippen MR) is 83.0 cm³/mol. The van der Waals surface area contributed by atoms with E-state index in [1.165, 1.54) is 18.3 Å². The summed E-state index contributed by atoms with van der Waals surface area (Å²) in [6.45, 7) is 5.35. The zero-order valence-electron chi connectivity index (χ0n) is 11.9. The number of ether oxygens (including phenoxy) is 1. The fourth-order valence-electron chi connectivity index (χ4n) is 1.84. The van der Waals surface area contributed by atoms with Gasteiger partial charge in [-0.2, -0.15) is 0 Å². The quantitative estimate of drug-likeness (QED) is 0.629. The summed E-state index contributed by atoms with van der Waals surface area (Å²) in [5.41, 5.74) is 0. The van der Waals surface area contributed by atoms with Gasteiger partial charge in [0.1, 0.15) is 6.04 Å². The summed E-state index contributed by atoms with van der Waals surface area (Å²) in [6.07, 6.45) is 1.68. The van der Waals surface area contributed by atoms with E-state index in [0.29, 0.717) is 4.91 Å². The molecule has 0 aromatic carbocycles. The van der Waals surface area contributed by atoms with Gasteiger partial charge < -0.3 is 4.74 Å². The lowest BCUT2D eigenvalue weighted by atomic mass is 10.3. The maximum Gasteiger partial charge on any atom is 0.329 e. The van der Waals surface area contributed by atoms with E-state index in [1.54, 1.807) is 13.0 Å². The predicted octanol–water partition coefficient (Wildman–Crippen LogP) is 3.04. The summed E-state index contributed by atoms with van der Waals surface area (Å²) < 4.78 is 4.86. The van der Waals surface area contributed by atoms with Crippen molar-refractivity contribution in [3.8, 4) is 0 Å². The molecule has 0 bridgehead atoms. The van der Waals surface area contributed by atoms with Crippen molar-refractivity contribution in [3.05, 3.63) is 26.8 Å². The summed E-state index contributed by atoms with van der Waals surface area (Å²) in [6, 6.07) is 2.93. The van der Waals surface area contributed by atoms with E-state index in [9.17, 15) is 14.4 Å². The summed E-state index contributed by atoms with van der Waals surface area (Å²) in [5.74, 6) is -1.02. The molecule has 1 fully saturated rings. The normalized spacial score (nSPS) is 18.4. The number of hydrogen-bond donors (Lipinski definition) is 0. The summed E-state index contributed by atoms with van der Waals surface area (Å²) in [5, 5.41) is -0.444. The molecular weight excluding hydrogens is 310 g/mol. The summed E-state index contributed by atoms with van der Waals surface area (Å²) in [4.78, 5) is 39.3. The van der Waals surface area contributed by atoms with E-state index in [2.05, 4.69) is 0 Å². The van der Waals surface area contributed by atoms with Gasteiger partial charge in [-0.25, -0.2) is 4.79 Å². The Morgan fingerprint density at radius 3 is 2.71 bits per heavy atom. The van der Waals surface area contributed by atoms with Crippen LogP contribution in [0.1, 0.15) is 23.6 Å². The molecule has 1 aliphatic heterocycles. The highest BCUT2D eigenvalue weighted by molar-refractivity contribution is 8.18. The molecule has 0 radical (unpaired) electrons. The lowest BCUT2D eigenvalue weighted by Gasteiger charge is -2.19. The monoisotopic (exact) mass is 325 g/mol. The Kier molecular flexibility index (Phi) is 4.84. The minimum absolute atomic E-state index is 0.212. The number of nitrogens with zero attached hydrogens (tertiary/aromatic N) is 1. The van der Waals surface area contributed by atoms with Crippen molar-refractivity contribution in [2.75, 3.05) is 6.61 Å². The smallest absolute Gasteiger partial charge is 0.329 e. The molecule has 7 heteroatoms. The number of carbonyl (C=O) groups is 3. The van der Waals surface area contributed by atoms with Gasteiger partial charge in [-0.15, -0.1) is 11.3 Å². The van der Waals surface area contributed by atoms with Gasteiger partial charge in [0.15, 0.2) is 0 Å². The van der Waals surface area contributed by atoms with Crippen LogP contribution in [0.4, 0.5) is 4.79 Å². The molecule has 21 heavy (non-hydrogen) atoms. The standard InChI is InChI=1S/C14H15NO4S2/c1-4-19-13(17)9(3)15-12(16)11(21-14(15)18)7-10-6-5-8(2)20-10/h5-7,9H,4H2,1-3H3/b11-7+/t9-/m0/s1. The average Bonchev–Trinajstić information content (AvgIpc) is 2.94. The molecule has 0 saturated carbocycles. The fourth-order valence-corrected chi connectivity index (χ4v) is 3.64. The van der Waals surface area contributed by atoms with E-state index in [4.69, 9.17) is 4.74 Å². The van der Waals surface area contributed by atoms with E-state index in [0.717, 1.165) is 26.4 Å². The van der Waals surface area contributed by atoms with Gasteiger partial charge in [-0.05, 0) is 50.7 Å². The Balaban J connectivity index is 2.20. The van der Waals surface area contributed by atoms with Gasteiger partial charge in [0.25, 0.3) is 11.1 Å². The first-order valence-corrected chi connectivity index (χ1v) is 8.07. The Labute approximate surface area is 131 Å². The maximum absolute atomic E-state index is 12.3. The second-order valence-electron chi connectivity index (χ2n) is 4.43. The second-order valence-corrected chi connectivity index (χ2v) is 6.74. The zero-order valence-corrected chi connectivity index (χ0v) is 13.5. The molecule has 0 N–H and O–H groups in total. The number of hydrogen-bond acceptors (Lipinski definition) is 6. The third kappa shape index (κ3) is 3.36. The molecular formula is C14H15NO4S2. The molecule has 2 rings (SSSR count).